The molecule has 0 fully saturated rings. The SMILES string of the molecule is CC/C=C\C/C=C\C/C=C\C/C=C\C/C=C\CCCC(=O)O[C@@H](CO)COC(=O)CCCCCCC/C=C\CCCCCCCCC. The van der Waals surface area contributed by atoms with E-state index in [0.717, 1.165) is 64.2 Å². The minimum atomic E-state index is -0.806. The van der Waals surface area contributed by atoms with Crippen LogP contribution < -0.4 is 0 Å². The molecule has 0 saturated carbocycles. The lowest BCUT2D eigenvalue weighted by Crippen LogP contribution is -2.28. The lowest BCUT2D eigenvalue weighted by Gasteiger charge is -2.15. The number of hydrogen-bond donors (Lipinski definition) is 1. The first kappa shape index (κ1) is 44.3. The van der Waals surface area contributed by atoms with Gasteiger partial charge in [-0.3, -0.25) is 9.59 Å². The van der Waals surface area contributed by atoms with E-state index in [1.165, 1.54) is 64.2 Å². The number of allylic oxidation sites excluding steroid dienone is 12. The van der Waals surface area contributed by atoms with Crippen molar-refractivity contribution in [3.05, 3.63) is 72.9 Å². The Bertz CT molecular complexity index is 879. The Morgan fingerprint density at radius 1 is 0.511 bits per heavy atom. The predicted octanol–water partition coefficient (Wildman–Crippen LogP) is 11.8. The van der Waals surface area contributed by atoms with Crippen molar-refractivity contribution < 1.29 is 24.2 Å². The maximum Gasteiger partial charge on any atom is 0.306 e. The Morgan fingerprint density at radius 3 is 1.47 bits per heavy atom. The average Bonchev–Trinajstić information content (AvgIpc) is 3.07. The summed E-state index contributed by atoms with van der Waals surface area (Å²) in [5.74, 6) is -0.675. The van der Waals surface area contributed by atoms with Crippen LogP contribution in [-0.4, -0.2) is 36.4 Å². The van der Waals surface area contributed by atoms with Crippen LogP contribution in [0.4, 0.5) is 0 Å². The topological polar surface area (TPSA) is 72.8 Å². The molecular weight excluding hydrogens is 584 g/mol. The third-order valence-corrected chi connectivity index (χ3v) is 7.73. The molecule has 0 amide bonds. The van der Waals surface area contributed by atoms with Gasteiger partial charge in [0.1, 0.15) is 6.61 Å². The fourth-order valence-corrected chi connectivity index (χ4v) is 4.88. The highest BCUT2D eigenvalue weighted by Crippen LogP contribution is 2.11. The number of aliphatic hydroxyl groups is 1. The maximum atomic E-state index is 12.1. The molecule has 0 spiro atoms. The number of ether oxygens (including phenoxy) is 2. The molecule has 0 aromatic heterocycles. The number of esters is 2. The summed E-state index contributed by atoms with van der Waals surface area (Å²) in [6, 6.07) is 0. The summed E-state index contributed by atoms with van der Waals surface area (Å²) in [6.07, 6.45) is 49.6. The molecule has 5 heteroatoms. The van der Waals surface area contributed by atoms with Crippen LogP contribution in [0.2, 0.25) is 0 Å². The third-order valence-electron chi connectivity index (χ3n) is 7.73. The van der Waals surface area contributed by atoms with E-state index in [9.17, 15) is 14.7 Å². The molecule has 47 heavy (non-hydrogen) atoms. The van der Waals surface area contributed by atoms with Gasteiger partial charge in [-0.2, -0.15) is 0 Å². The monoisotopic (exact) mass is 655 g/mol. The lowest BCUT2D eigenvalue weighted by atomic mass is 10.1. The van der Waals surface area contributed by atoms with Crippen molar-refractivity contribution in [1.82, 2.24) is 0 Å². The molecule has 0 aliphatic carbocycles. The predicted molar refractivity (Wildman–Crippen MR) is 200 cm³/mol. The van der Waals surface area contributed by atoms with E-state index >= 15 is 0 Å². The van der Waals surface area contributed by atoms with E-state index in [1.54, 1.807) is 0 Å². The fourth-order valence-electron chi connectivity index (χ4n) is 4.88. The molecule has 0 aromatic rings. The van der Waals surface area contributed by atoms with Gasteiger partial charge in [-0.15, -0.1) is 0 Å². The second-order valence-corrected chi connectivity index (χ2v) is 12.3. The van der Waals surface area contributed by atoms with Crippen LogP contribution in [0.3, 0.4) is 0 Å². The number of rotatable bonds is 33. The lowest BCUT2D eigenvalue weighted by molar-refractivity contribution is -0.161. The van der Waals surface area contributed by atoms with Gasteiger partial charge in [-0.25, -0.2) is 0 Å². The minimum Gasteiger partial charge on any atom is -0.462 e. The Balaban J connectivity index is 3.70. The van der Waals surface area contributed by atoms with Crippen molar-refractivity contribution in [3.8, 4) is 0 Å². The van der Waals surface area contributed by atoms with Gasteiger partial charge in [0, 0.05) is 12.8 Å². The van der Waals surface area contributed by atoms with Crippen molar-refractivity contribution >= 4 is 11.9 Å². The zero-order valence-corrected chi connectivity index (χ0v) is 30.3. The molecule has 0 radical (unpaired) electrons. The second kappa shape index (κ2) is 37.8. The molecule has 0 aliphatic heterocycles. The van der Waals surface area contributed by atoms with E-state index in [1.807, 2.05) is 0 Å². The van der Waals surface area contributed by atoms with Gasteiger partial charge in [0.15, 0.2) is 6.10 Å². The molecular formula is C42H70O5. The van der Waals surface area contributed by atoms with E-state index in [0.29, 0.717) is 12.8 Å². The summed E-state index contributed by atoms with van der Waals surface area (Å²) in [5.41, 5.74) is 0. The number of aliphatic hydroxyl groups excluding tert-OH is 1. The first-order valence-electron chi connectivity index (χ1n) is 19.0. The molecule has 0 aliphatic rings. The number of unbranched alkanes of at least 4 members (excludes halogenated alkanes) is 13. The summed E-state index contributed by atoms with van der Waals surface area (Å²) in [5, 5.41) is 9.53. The Hall–Kier alpha value is -2.66. The standard InChI is InChI=1S/C42H70O5/c1-3-5-7-9-11-13-15-17-19-21-23-25-27-29-31-33-35-37-42(45)47-40(38-43)39-46-41(44)36-34-32-30-28-26-24-22-20-18-16-14-12-10-8-6-4-2/h5,7,11,13,17,19-20,22-23,25,29,31,40,43H,3-4,6,8-10,12,14-16,18,21,24,26-28,30,32-39H2,1-2H3/b7-5-,13-11-,19-17-,22-20-,25-23-,31-29-/t40-/m0/s1. The summed E-state index contributed by atoms with van der Waals surface area (Å²) in [6.45, 7) is 3.95. The molecule has 5 nitrogen and oxygen atoms in total. The molecule has 0 saturated heterocycles. The fraction of sp³-hybridized carbons (Fsp3) is 0.667. The van der Waals surface area contributed by atoms with Crippen LogP contribution in [0.15, 0.2) is 72.9 Å². The Kier molecular flexibility index (Phi) is 35.7. The summed E-state index contributed by atoms with van der Waals surface area (Å²) in [7, 11) is 0. The zero-order valence-electron chi connectivity index (χ0n) is 30.3. The second-order valence-electron chi connectivity index (χ2n) is 12.3. The van der Waals surface area contributed by atoms with Crippen LogP contribution in [0, 0.1) is 0 Å². The van der Waals surface area contributed by atoms with Crippen molar-refractivity contribution in [2.45, 2.75) is 168 Å². The summed E-state index contributed by atoms with van der Waals surface area (Å²) < 4.78 is 10.5. The van der Waals surface area contributed by atoms with Gasteiger partial charge >= 0.3 is 11.9 Å². The highest BCUT2D eigenvalue weighted by Gasteiger charge is 2.15. The van der Waals surface area contributed by atoms with Crippen molar-refractivity contribution in [2.24, 2.45) is 0 Å². The zero-order chi connectivity index (χ0) is 34.3. The van der Waals surface area contributed by atoms with Crippen molar-refractivity contribution in [3.63, 3.8) is 0 Å². The normalized spacial score (nSPS) is 13.0. The minimum absolute atomic E-state index is 0.0962. The number of carbonyl (C=O) groups excluding carboxylic acids is 2. The molecule has 0 rings (SSSR count). The van der Waals surface area contributed by atoms with Crippen LogP contribution >= 0.6 is 0 Å². The van der Waals surface area contributed by atoms with E-state index in [2.05, 4.69) is 86.8 Å². The molecule has 0 bridgehead atoms. The summed E-state index contributed by atoms with van der Waals surface area (Å²) >= 11 is 0. The average molecular weight is 655 g/mol. The molecule has 268 valence electrons. The van der Waals surface area contributed by atoms with Crippen LogP contribution in [0.1, 0.15) is 162 Å². The quantitative estimate of drug-likeness (QED) is 0.0433. The Labute approximate surface area is 289 Å². The number of carbonyl (C=O) groups is 2. The number of hydrogen-bond acceptors (Lipinski definition) is 5. The van der Waals surface area contributed by atoms with Gasteiger partial charge in [-0.1, -0.05) is 145 Å². The van der Waals surface area contributed by atoms with Crippen LogP contribution in [-0.2, 0) is 19.1 Å². The molecule has 0 heterocycles. The first-order chi connectivity index (χ1) is 23.1. The van der Waals surface area contributed by atoms with Crippen molar-refractivity contribution in [2.75, 3.05) is 13.2 Å². The van der Waals surface area contributed by atoms with Gasteiger partial charge < -0.3 is 14.6 Å². The van der Waals surface area contributed by atoms with Gasteiger partial charge in [0.05, 0.1) is 6.61 Å². The first-order valence-corrected chi connectivity index (χ1v) is 19.0. The van der Waals surface area contributed by atoms with Crippen LogP contribution in [0.25, 0.3) is 0 Å². The highest BCUT2D eigenvalue weighted by atomic mass is 16.6. The van der Waals surface area contributed by atoms with Crippen molar-refractivity contribution in [1.29, 1.82) is 0 Å². The molecule has 1 atom stereocenters. The van der Waals surface area contributed by atoms with E-state index in [-0.39, 0.29) is 31.6 Å². The van der Waals surface area contributed by atoms with Gasteiger partial charge in [0.25, 0.3) is 0 Å². The largest absolute Gasteiger partial charge is 0.462 e. The van der Waals surface area contributed by atoms with Crippen LogP contribution in [0.5, 0.6) is 0 Å². The molecule has 1 N–H and O–H groups in total. The van der Waals surface area contributed by atoms with E-state index in [4.69, 9.17) is 9.47 Å². The summed E-state index contributed by atoms with van der Waals surface area (Å²) in [4.78, 5) is 24.2. The Morgan fingerprint density at radius 2 is 0.936 bits per heavy atom. The smallest absolute Gasteiger partial charge is 0.306 e. The maximum absolute atomic E-state index is 12.1. The highest BCUT2D eigenvalue weighted by molar-refractivity contribution is 5.70. The molecule has 0 unspecified atom stereocenters. The van der Waals surface area contributed by atoms with Gasteiger partial charge in [0.2, 0.25) is 0 Å². The molecule has 0 aromatic carbocycles. The van der Waals surface area contributed by atoms with Gasteiger partial charge in [-0.05, 0) is 77.0 Å². The third kappa shape index (κ3) is 36.0. The van der Waals surface area contributed by atoms with E-state index < -0.39 is 6.10 Å².